The van der Waals surface area contributed by atoms with Crippen LogP contribution in [0.15, 0.2) is 0 Å². The summed E-state index contributed by atoms with van der Waals surface area (Å²) < 4.78 is 0. The first-order valence-electron chi connectivity index (χ1n) is 7.72. The molecular formula is C14H26N4O2. The maximum Gasteiger partial charge on any atom is 0.315 e. The predicted octanol–water partition coefficient (Wildman–Crippen LogP) is 0.472. The van der Waals surface area contributed by atoms with Crippen molar-refractivity contribution in [2.45, 2.75) is 57.0 Å². The molecule has 0 spiro atoms. The molecule has 0 radical (unpaired) electrons. The Balaban J connectivity index is 1.53. The van der Waals surface area contributed by atoms with Crippen LogP contribution < -0.4 is 21.7 Å². The van der Waals surface area contributed by atoms with Gasteiger partial charge in [-0.3, -0.25) is 4.79 Å². The summed E-state index contributed by atoms with van der Waals surface area (Å²) in [6.07, 6.45) is 8.00. The normalized spacial score (nSPS) is 21.1. The van der Waals surface area contributed by atoms with Gasteiger partial charge in [0.05, 0.1) is 6.54 Å². The molecule has 2 aliphatic carbocycles. The zero-order valence-corrected chi connectivity index (χ0v) is 12.0. The molecule has 6 heteroatoms. The van der Waals surface area contributed by atoms with Gasteiger partial charge in [0.25, 0.3) is 0 Å². The Morgan fingerprint density at radius 1 is 1.05 bits per heavy atom. The van der Waals surface area contributed by atoms with E-state index in [4.69, 9.17) is 5.73 Å². The van der Waals surface area contributed by atoms with Crippen molar-refractivity contribution in [3.8, 4) is 0 Å². The number of carbonyl (C=O) groups is 2. The first kappa shape index (κ1) is 15.1. The summed E-state index contributed by atoms with van der Waals surface area (Å²) in [5.41, 5.74) is 5.89. The summed E-state index contributed by atoms with van der Waals surface area (Å²) in [5, 5.41) is 8.26. The van der Waals surface area contributed by atoms with E-state index in [0.717, 1.165) is 12.8 Å². The maximum absolute atomic E-state index is 11.6. The van der Waals surface area contributed by atoms with Gasteiger partial charge in [-0.15, -0.1) is 0 Å². The fourth-order valence-corrected chi connectivity index (χ4v) is 2.63. The summed E-state index contributed by atoms with van der Waals surface area (Å²) in [6, 6.07) is 0.0589. The quantitative estimate of drug-likeness (QED) is 0.570. The molecule has 0 aromatic heterocycles. The third kappa shape index (κ3) is 5.36. The van der Waals surface area contributed by atoms with E-state index in [9.17, 15) is 9.59 Å². The summed E-state index contributed by atoms with van der Waals surface area (Å²) in [5.74, 6) is 0.387. The molecule has 0 saturated heterocycles. The molecule has 1 atom stereocenters. The minimum absolute atomic E-state index is 0.00986. The Morgan fingerprint density at radius 3 is 2.40 bits per heavy atom. The van der Waals surface area contributed by atoms with Crippen molar-refractivity contribution < 1.29 is 9.59 Å². The third-order valence-electron chi connectivity index (χ3n) is 4.11. The van der Waals surface area contributed by atoms with E-state index in [-0.39, 0.29) is 30.6 Å². The van der Waals surface area contributed by atoms with Crippen LogP contribution in [0.1, 0.15) is 44.9 Å². The lowest BCUT2D eigenvalue weighted by atomic mass is 9.96. The van der Waals surface area contributed by atoms with E-state index in [2.05, 4.69) is 16.0 Å². The highest BCUT2D eigenvalue weighted by atomic mass is 16.2. The second kappa shape index (κ2) is 7.47. The minimum Gasteiger partial charge on any atom is -0.353 e. The first-order chi connectivity index (χ1) is 9.65. The van der Waals surface area contributed by atoms with E-state index in [0.29, 0.717) is 12.5 Å². The second-order valence-corrected chi connectivity index (χ2v) is 5.97. The number of carbonyl (C=O) groups excluding carboxylic acids is 2. The topological polar surface area (TPSA) is 96.2 Å². The van der Waals surface area contributed by atoms with E-state index < -0.39 is 0 Å². The number of rotatable bonds is 6. The molecule has 2 fully saturated rings. The summed E-state index contributed by atoms with van der Waals surface area (Å²) in [6.45, 7) is 0.505. The minimum atomic E-state index is -0.251. The van der Waals surface area contributed by atoms with Crippen LogP contribution in [0, 0.1) is 5.92 Å². The number of hydrogen-bond acceptors (Lipinski definition) is 3. The van der Waals surface area contributed by atoms with Crippen LogP contribution in [0.25, 0.3) is 0 Å². The van der Waals surface area contributed by atoms with Crippen LogP contribution in [0.5, 0.6) is 0 Å². The highest BCUT2D eigenvalue weighted by Gasteiger charge is 2.28. The van der Waals surface area contributed by atoms with Gasteiger partial charge in [-0.05, 0) is 31.6 Å². The van der Waals surface area contributed by atoms with Gasteiger partial charge in [0, 0.05) is 18.6 Å². The van der Waals surface area contributed by atoms with Crippen LogP contribution in [0.2, 0.25) is 0 Å². The van der Waals surface area contributed by atoms with Gasteiger partial charge < -0.3 is 21.7 Å². The zero-order chi connectivity index (χ0) is 14.4. The monoisotopic (exact) mass is 282 g/mol. The molecule has 2 rings (SSSR count). The molecule has 2 saturated carbocycles. The molecule has 6 nitrogen and oxygen atoms in total. The molecule has 20 heavy (non-hydrogen) atoms. The molecule has 0 aromatic rings. The summed E-state index contributed by atoms with van der Waals surface area (Å²) >= 11 is 0. The van der Waals surface area contributed by atoms with Crippen molar-refractivity contribution in [2.75, 3.05) is 13.1 Å². The van der Waals surface area contributed by atoms with Crippen molar-refractivity contribution in [1.82, 2.24) is 16.0 Å². The van der Waals surface area contributed by atoms with Crippen molar-refractivity contribution in [2.24, 2.45) is 11.7 Å². The van der Waals surface area contributed by atoms with Crippen LogP contribution >= 0.6 is 0 Å². The predicted molar refractivity (Wildman–Crippen MR) is 77.1 cm³/mol. The van der Waals surface area contributed by atoms with E-state index >= 15 is 0 Å². The molecule has 0 bridgehead atoms. The van der Waals surface area contributed by atoms with Crippen LogP contribution in [0.4, 0.5) is 4.79 Å². The van der Waals surface area contributed by atoms with Gasteiger partial charge in [0.1, 0.15) is 0 Å². The number of hydrogen-bond donors (Lipinski definition) is 4. The molecule has 1 unspecified atom stereocenters. The van der Waals surface area contributed by atoms with E-state index in [1.807, 2.05) is 0 Å². The lowest BCUT2D eigenvalue weighted by Gasteiger charge is -2.22. The van der Waals surface area contributed by atoms with Gasteiger partial charge in [0.2, 0.25) is 5.91 Å². The Kier molecular flexibility index (Phi) is 5.64. The Morgan fingerprint density at radius 2 is 1.75 bits per heavy atom. The Bertz CT molecular complexity index is 338. The second-order valence-electron chi connectivity index (χ2n) is 5.97. The summed E-state index contributed by atoms with van der Waals surface area (Å²) in [7, 11) is 0. The molecule has 5 N–H and O–H groups in total. The van der Waals surface area contributed by atoms with Gasteiger partial charge in [-0.2, -0.15) is 0 Å². The lowest BCUT2D eigenvalue weighted by Crippen LogP contribution is -2.47. The maximum atomic E-state index is 11.6. The van der Waals surface area contributed by atoms with Gasteiger partial charge in [-0.1, -0.05) is 19.3 Å². The van der Waals surface area contributed by atoms with Crippen LogP contribution in [0.3, 0.4) is 0 Å². The molecular weight excluding hydrogens is 256 g/mol. The molecule has 2 aliphatic rings. The van der Waals surface area contributed by atoms with E-state index in [1.165, 1.54) is 32.1 Å². The summed E-state index contributed by atoms with van der Waals surface area (Å²) in [4.78, 5) is 23.2. The molecule has 3 amide bonds. The van der Waals surface area contributed by atoms with Gasteiger partial charge >= 0.3 is 6.03 Å². The number of nitrogens with two attached hydrogens (primary N) is 1. The lowest BCUT2D eigenvalue weighted by molar-refractivity contribution is -0.120. The van der Waals surface area contributed by atoms with Crippen molar-refractivity contribution in [1.29, 1.82) is 0 Å². The highest BCUT2D eigenvalue weighted by Crippen LogP contribution is 2.31. The molecule has 114 valence electrons. The number of urea groups is 1. The van der Waals surface area contributed by atoms with Crippen LogP contribution in [-0.4, -0.2) is 37.1 Å². The number of amides is 3. The average Bonchev–Trinajstić information content (AvgIpc) is 3.28. The molecule has 0 aliphatic heterocycles. The van der Waals surface area contributed by atoms with Crippen molar-refractivity contribution in [3.63, 3.8) is 0 Å². The smallest absolute Gasteiger partial charge is 0.315 e. The largest absolute Gasteiger partial charge is 0.353 e. The Labute approximate surface area is 120 Å². The van der Waals surface area contributed by atoms with Crippen LogP contribution in [-0.2, 0) is 4.79 Å². The zero-order valence-electron chi connectivity index (χ0n) is 12.0. The number of nitrogens with one attached hydrogen (secondary N) is 3. The third-order valence-corrected chi connectivity index (χ3v) is 4.11. The molecule has 0 aromatic carbocycles. The van der Waals surface area contributed by atoms with Gasteiger partial charge in [-0.25, -0.2) is 4.79 Å². The first-order valence-corrected chi connectivity index (χ1v) is 7.72. The highest BCUT2D eigenvalue weighted by molar-refractivity contribution is 5.83. The van der Waals surface area contributed by atoms with E-state index in [1.54, 1.807) is 0 Å². The Hall–Kier alpha value is -1.30. The van der Waals surface area contributed by atoms with Gasteiger partial charge in [0.15, 0.2) is 0 Å². The van der Waals surface area contributed by atoms with Crippen molar-refractivity contribution >= 4 is 11.9 Å². The standard InChI is InChI=1S/C14H26N4O2/c15-12(10-6-7-10)8-16-13(19)9-17-14(20)18-11-4-2-1-3-5-11/h10-12H,1-9,15H2,(H,16,19)(H2,17,18,20). The SMILES string of the molecule is NC(CNC(=O)CNC(=O)NC1CCCCC1)C1CC1. The molecule has 0 heterocycles. The fourth-order valence-electron chi connectivity index (χ4n) is 2.63. The van der Waals surface area contributed by atoms with Crippen molar-refractivity contribution in [3.05, 3.63) is 0 Å². The average molecular weight is 282 g/mol. The fraction of sp³-hybridized carbons (Fsp3) is 0.857.